The minimum absolute atomic E-state index is 0.657. The predicted molar refractivity (Wildman–Crippen MR) is 82.5 cm³/mol. The van der Waals surface area contributed by atoms with Crippen molar-refractivity contribution in [3.8, 4) is 0 Å². The van der Waals surface area contributed by atoms with Gasteiger partial charge in [0.2, 0.25) is 0 Å². The Morgan fingerprint density at radius 1 is 1.26 bits per heavy atom. The highest BCUT2D eigenvalue weighted by atomic mass is 15.0. The van der Waals surface area contributed by atoms with Gasteiger partial charge >= 0.3 is 0 Å². The number of aromatic nitrogens is 1. The molecule has 19 heavy (non-hydrogen) atoms. The third kappa shape index (κ3) is 3.42. The molecule has 108 valence electrons. The van der Waals surface area contributed by atoms with Gasteiger partial charge in [-0.2, -0.15) is 0 Å². The largest absolute Gasteiger partial charge is 0.349 e. The van der Waals surface area contributed by atoms with Crippen LogP contribution in [0.25, 0.3) is 0 Å². The molecule has 2 rings (SSSR count). The molecule has 0 spiro atoms. The normalized spacial score (nSPS) is 18.7. The number of rotatable bonds is 5. The number of nitrogens with one attached hydrogen (secondary N) is 1. The number of hydrogen-bond acceptors (Lipinski definition) is 1. The van der Waals surface area contributed by atoms with E-state index in [1.807, 2.05) is 0 Å². The van der Waals surface area contributed by atoms with Crippen molar-refractivity contribution in [2.45, 2.75) is 78.9 Å². The summed E-state index contributed by atoms with van der Waals surface area (Å²) in [5, 5.41) is 3.76. The lowest BCUT2D eigenvalue weighted by molar-refractivity contribution is 0.280. The first kappa shape index (κ1) is 14.6. The average Bonchev–Trinajstić information content (AvgIpc) is 2.71. The molecule has 2 nitrogen and oxygen atoms in total. The van der Waals surface area contributed by atoms with Gasteiger partial charge in [-0.1, -0.05) is 19.3 Å². The first-order valence-electron chi connectivity index (χ1n) is 8.02. The molecule has 0 aromatic carbocycles. The molecule has 1 aliphatic rings. The second kappa shape index (κ2) is 6.60. The molecule has 0 bridgehead atoms. The van der Waals surface area contributed by atoms with E-state index in [0.717, 1.165) is 19.0 Å². The summed E-state index contributed by atoms with van der Waals surface area (Å²) in [5.41, 5.74) is 4.30. The van der Waals surface area contributed by atoms with E-state index in [2.05, 4.69) is 43.6 Å². The van der Waals surface area contributed by atoms with Gasteiger partial charge in [-0.3, -0.25) is 0 Å². The third-order valence-corrected chi connectivity index (χ3v) is 4.97. The van der Waals surface area contributed by atoms with Crippen molar-refractivity contribution >= 4 is 0 Å². The highest BCUT2D eigenvalue weighted by Crippen LogP contribution is 2.26. The molecule has 1 N–H and O–H groups in total. The van der Waals surface area contributed by atoms with E-state index >= 15 is 0 Å². The minimum Gasteiger partial charge on any atom is -0.349 e. The predicted octanol–water partition coefficient (Wildman–Crippen LogP) is 4.18. The topological polar surface area (TPSA) is 17.0 Å². The summed E-state index contributed by atoms with van der Waals surface area (Å²) in [6.45, 7) is 11.2. The summed E-state index contributed by atoms with van der Waals surface area (Å²) in [5.74, 6) is 0.892. The van der Waals surface area contributed by atoms with Crippen LogP contribution in [-0.2, 0) is 13.1 Å². The Bertz CT molecular complexity index is 400. The van der Waals surface area contributed by atoms with Crippen molar-refractivity contribution in [1.29, 1.82) is 0 Å². The summed E-state index contributed by atoms with van der Waals surface area (Å²) in [7, 11) is 0. The quantitative estimate of drug-likeness (QED) is 0.842. The standard InChI is InChI=1S/C17H30N2/c1-5-19-13(2)11-17(15(19)4)12-18-14(3)16-9-7-6-8-10-16/h11,14,16,18H,5-10,12H2,1-4H3. The van der Waals surface area contributed by atoms with Crippen LogP contribution in [0, 0.1) is 19.8 Å². The van der Waals surface area contributed by atoms with Crippen LogP contribution in [0.5, 0.6) is 0 Å². The van der Waals surface area contributed by atoms with Crippen molar-refractivity contribution in [3.63, 3.8) is 0 Å². The van der Waals surface area contributed by atoms with Gasteiger partial charge in [0.1, 0.15) is 0 Å². The molecule has 1 aromatic rings. The highest BCUT2D eigenvalue weighted by molar-refractivity contribution is 5.26. The maximum Gasteiger partial charge on any atom is 0.0225 e. The molecule has 1 fully saturated rings. The molecule has 1 unspecified atom stereocenters. The van der Waals surface area contributed by atoms with E-state index in [-0.39, 0.29) is 0 Å². The highest BCUT2D eigenvalue weighted by Gasteiger charge is 2.20. The Kier molecular flexibility index (Phi) is 5.09. The van der Waals surface area contributed by atoms with E-state index in [0.29, 0.717) is 6.04 Å². The average molecular weight is 262 g/mol. The monoisotopic (exact) mass is 262 g/mol. The molecular formula is C17H30N2. The van der Waals surface area contributed by atoms with Gasteiger partial charge < -0.3 is 9.88 Å². The fourth-order valence-electron chi connectivity index (χ4n) is 3.61. The van der Waals surface area contributed by atoms with Crippen LogP contribution in [0.4, 0.5) is 0 Å². The molecule has 1 saturated carbocycles. The van der Waals surface area contributed by atoms with E-state index in [4.69, 9.17) is 0 Å². The van der Waals surface area contributed by atoms with Crippen LogP contribution in [0.1, 0.15) is 62.9 Å². The molecule has 1 aliphatic carbocycles. The van der Waals surface area contributed by atoms with Crippen molar-refractivity contribution in [2.75, 3.05) is 0 Å². The van der Waals surface area contributed by atoms with Crippen molar-refractivity contribution in [2.24, 2.45) is 5.92 Å². The van der Waals surface area contributed by atoms with Crippen LogP contribution in [-0.4, -0.2) is 10.6 Å². The van der Waals surface area contributed by atoms with Gasteiger partial charge in [-0.05, 0) is 58.1 Å². The maximum atomic E-state index is 3.76. The Labute approximate surface area is 118 Å². The lowest BCUT2D eigenvalue weighted by Gasteiger charge is -2.28. The van der Waals surface area contributed by atoms with Crippen LogP contribution in [0.2, 0.25) is 0 Å². The fraction of sp³-hybridized carbons (Fsp3) is 0.765. The van der Waals surface area contributed by atoms with Gasteiger partial charge in [0.15, 0.2) is 0 Å². The molecule has 0 saturated heterocycles. The minimum atomic E-state index is 0.657. The van der Waals surface area contributed by atoms with E-state index in [1.165, 1.54) is 49.1 Å². The number of aryl methyl sites for hydroxylation is 1. The van der Waals surface area contributed by atoms with Gasteiger partial charge in [0.05, 0.1) is 0 Å². The molecule has 0 radical (unpaired) electrons. The lowest BCUT2D eigenvalue weighted by atomic mass is 9.84. The van der Waals surface area contributed by atoms with Gasteiger partial charge in [0.25, 0.3) is 0 Å². The van der Waals surface area contributed by atoms with Crippen molar-refractivity contribution in [1.82, 2.24) is 9.88 Å². The zero-order valence-electron chi connectivity index (χ0n) is 13.1. The van der Waals surface area contributed by atoms with E-state index < -0.39 is 0 Å². The summed E-state index contributed by atoms with van der Waals surface area (Å²) in [4.78, 5) is 0. The Morgan fingerprint density at radius 3 is 2.53 bits per heavy atom. The van der Waals surface area contributed by atoms with Crippen molar-refractivity contribution in [3.05, 3.63) is 23.0 Å². The molecule has 2 heteroatoms. The summed E-state index contributed by atoms with van der Waals surface area (Å²) >= 11 is 0. The maximum absolute atomic E-state index is 3.76. The van der Waals surface area contributed by atoms with Crippen molar-refractivity contribution < 1.29 is 0 Å². The first-order valence-corrected chi connectivity index (χ1v) is 8.02. The zero-order chi connectivity index (χ0) is 13.8. The van der Waals surface area contributed by atoms with Crippen LogP contribution < -0.4 is 5.32 Å². The Hall–Kier alpha value is -0.760. The van der Waals surface area contributed by atoms with E-state index in [1.54, 1.807) is 0 Å². The smallest absolute Gasteiger partial charge is 0.0225 e. The lowest BCUT2D eigenvalue weighted by Crippen LogP contribution is -2.34. The Morgan fingerprint density at radius 2 is 1.95 bits per heavy atom. The second-order valence-corrected chi connectivity index (χ2v) is 6.21. The molecule has 0 amide bonds. The molecule has 1 atom stereocenters. The number of hydrogen-bond donors (Lipinski definition) is 1. The Balaban J connectivity index is 1.91. The summed E-state index contributed by atoms with van der Waals surface area (Å²) < 4.78 is 2.41. The van der Waals surface area contributed by atoms with Gasteiger partial charge in [-0.25, -0.2) is 0 Å². The molecular weight excluding hydrogens is 232 g/mol. The van der Waals surface area contributed by atoms with Gasteiger partial charge in [0, 0.05) is 30.5 Å². The fourth-order valence-corrected chi connectivity index (χ4v) is 3.61. The summed E-state index contributed by atoms with van der Waals surface area (Å²) in [6.07, 6.45) is 7.15. The van der Waals surface area contributed by atoms with Gasteiger partial charge in [-0.15, -0.1) is 0 Å². The third-order valence-electron chi connectivity index (χ3n) is 4.97. The molecule has 0 aliphatic heterocycles. The molecule has 1 heterocycles. The first-order chi connectivity index (χ1) is 9.13. The van der Waals surface area contributed by atoms with Crippen LogP contribution in [0.3, 0.4) is 0 Å². The SMILES string of the molecule is CCn1c(C)cc(CNC(C)C2CCCCC2)c1C. The summed E-state index contributed by atoms with van der Waals surface area (Å²) in [6, 6.07) is 3.00. The molecule has 1 aromatic heterocycles. The second-order valence-electron chi connectivity index (χ2n) is 6.21. The van der Waals surface area contributed by atoms with Crippen LogP contribution in [0.15, 0.2) is 6.07 Å². The van der Waals surface area contributed by atoms with Crippen LogP contribution >= 0.6 is 0 Å². The zero-order valence-corrected chi connectivity index (χ0v) is 13.1. The van der Waals surface area contributed by atoms with E-state index in [9.17, 15) is 0 Å². The number of nitrogens with zero attached hydrogens (tertiary/aromatic N) is 1.